The van der Waals surface area contributed by atoms with Gasteiger partial charge in [-0.15, -0.1) is 0 Å². The van der Waals surface area contributed by atoms with Crippen molar-refractivity contribution in [2.24, 2.45) is 5.92 Å². The van der Waals surface area contributed by atoms with Gasteiger partial charge in [0.2, 0.25) is 0 Å². The van der Waals surface area contributed by atoms with Gasteiger partial charge in [-0.2, -0.15) is 0 Å². The van der Waals surface area contributed by atoms with Crippen LogP contribution in [0.3, 0.4) is 0 Å². The molecule has 1 N–H and O–H groups in total. The maximum atomic E-state index is 11.2. The predicted molar refractivity (Wildman–Crippen MR) is 380 cm³/mol. The highest BCUT2D eigenvalue weighted by molar-refractivity contribution is 5.56. The van der Waals surface area contributed by atoms with Crippen LogP contribution in [0, 0.1) is 26.7 Å². The van der Waals surface area contributed by atoms with Gasteiger partial charge in [-0.05, 0) is 216 Å². The Balaban J connectivity index is 0.642. The zero-order valence-electron chi connectivity index (χ0n) is 58.5. The van der Waals surface area contributed by atoms with Crippen LogP contribution < -0.4 is 4.90 Å². The molecule has 9 aromatic rings. The van der Waals surface area contributed by atoms with Crippen molar-refractivity contribution >= 4 is 22.8 Å². The number of aryl methyl sites for hydroxylation is 3. The molecule has 6 aliphatic rings. The number of imidazole rings is 3. The lowest BCUT2D eigenvalue weighted by molar-refractivity contribution is -0.0193. The molecule has 19 heteroatoms. The number of piperazine rings is 1. The van der Waals surface area contributed by atoms with Crippen molar-refractivity contribution in [2.75, 3.05) is 98.5 Å². The van der Waals surface area contributed by atoms with Crippen LogP contribution in [0.1, 0.15) is 187 Å². The predicted octanol–water partition coefficient (Wildman–Crippen LogP) is 11.8. The minimum atomic E-state index is -0.0707. The van der Waals surface area contributed by atoms with E-state index in [9.17, 15) is 5.11 Å². The van der Waals surface area contributed by atoms with Gasteiger partial charge in [-0.25, -0.2) is 15.0 Å². The summed E-state index contributed by atoms with van der Waals surface area (Å²) in [5, 5.41) is 11.2. The van der Waals surface area contributed by atoms with E-state index in [0.29, 0.717) is 19.1 Å². The van der Waals surface area contributed by atoms with Gasteiger partial charge in [-0.3, -0.25) is 39.0 Å². The van der Waals surface area contributed by atoms with Crippen molar-refractivity contribution in [3.8, 4) is 0 Å². The highest BCUT2D eigenvalue weighted by Gasteiger charge is 2.43. The van der Waals surface area contributed by atoms with Crippen LogP contribution in [0.25, 0.3) is 16.9 Å². The van der Waals surface area contributed by atoms with Gasteiger partial charge in [0.15, 0.2) is 0 Å². The van der Waals surface area contributed by atoms with E-state index in [1.807, 2.05) is 24.7 Å². The zero-order chi connectivity index (χ0) is 66.3. The molecule has 0 aromatic carbocycles. The number of nitrogens with zero attached hydrogens (tertiary/aromatic N) is 16. The summed E-state index contributed by atoms with van der Waals surface area (Å²) in [7, 11) is 9.06. The number of anilines is 1. The van der Waals surface area contributed by atoms with Gasteiger partial charge >= 0.3 is 0 Å². The quantitative estimate of drug-likeness (QED) is 0.0816. The van der Waals surface area contributed by atoms with Crippen LogP contribution in [-0.4, -0.2) is 183 Å². The van der Waals surface area contributed by atoms with Gasteiger partial charge in [0.25, 0.3) is 0 Å². The summed E-state index contributed by atoms with van der Waals surface area (Å²) in [6.45, 7) is 17.2. The maximum Gasteiger partial charge on any atom is 0.140 e. The molecule has 0 saturated carbocycles. The summed E-state index contributed by atoms with van der Waals surface area (Å²) in [5.74, 6) is 1.46. The van der Waals surface area contributed by atoms with E-state index in [2.05, 4.69) is 188 Å². The molecular formula is C78H102N16O3. The fraction of sp³-hybridized carbons (Fsp3) is 0.538. The zero-order valence-corrected chi connectivity index (χ0v) is 58.5. The summed E-state index contributed by atoms with van der Waals surface area (Å²) >= 11 is 0. The number of likely N-dealkylation sites (tertiary alicyclic amines) is 5. The van der Waals surface area contributed by atoms with Crippen molar-refractivity contribution in [3.63, 3.8) is 0 Å². The fourth-order valence-corrected chi connectivity index (χ4v) is 18.1. The second kappa shape index (κ2) is 29.0. The Kier molecular flexibility index (Phi) is 19.7. The smallest absolute Gasteiger partial charge is 0.140 e. The first kappa shape index (κ1) is 65.9. The summed E-state index contributed by atoms with van der Waals surface area (Å²) in [5.41, 5.74) is 17.9. The van der Waals surface area contributed by atoms with Crippen molar-refractivity contribution in [1.82, 2.24) is 72.5 Å². The molecule has 15 heterocycles. The largest absolute Gasteiger partial charge is 0.390 e. The highest BCUT2D eigenvalue weighted by Crippen LogP contribution is 2.47. The number of ether oxygens (including phenoxy) is 2. The molecular weight excluding hydrogens is 1210 g/mol. The van der Waals surface area contributed by atoms with E-state index in [0.717, 1.165) is 200 Å². The molecule has 9 aromatic heterocycles. The van der Waals surface area contributed by atoms with Crippen LogP contribution in [0.2, 0.25) is 0 Å². The van der Waals surface area contributed by atoms with E-state index in [4.69, 9.17) is 39.4 Å². The number of pyridine rings is 6. The number of aliphatic hydroxyl groups excluding tert-OH is 1. The number of aliphatic hydroxyl groups is 1. The molecule has 15 rings (SSSR count). The van der Waals surface area contributed by atoms with E-state index < -0.39 is 0 Å². The molecule has 6 fully saturated rings. The lowest BCUT2D eigenvalue weighted by Gasteiger charge is -2.46. The standard InChI is InChI=1S/C78H102N16O3/c1-53-18-13-35-79-71(53)60-23-10-25-62(86(60)5)74-65(50-95)94-69(83-74)28-12-29-70(94)91-46-44-89(45-47-91)41-32-56-21-16-40-93-66(75(84-78(56)93)63-26-11-24-61(87(63)6)72-54(2)19-14-36-80-72)51-96-58-33-42-90(43-34-58)48-57-30-31-64(73-55(3)20-15-37-81-73)88(7)77(57)76-67(92-39-9-8-27-68(92)82-76)52-97-59-22-17-38-85(4)49-59/h8-9,12-16,18-21,27-29,35-37,39-40,57-64,77,95H,10-11,17,22-26,30-34,38,41-52H2,1-7H3/t57?,59?,60-,61-,62+,63+,64-,77+/m0/s1. The van der Waals surface area contributed by atoms with E-state index in [1.54, 1.807) is 0 Å². The van der Waals surface area contributed by atoms with Crippen LogP contribution in [-0.2, 0) is 35.7 Å². The number of rotatable bonds is 19. The Morgan fingerprint density at radius 2 is 1.06 bits per heavy atom. The minimum Gasteiger partial charge on any atom is -0.390 e. The number of aromatic nitrogens is 9. The van der Waals surface area contributed by atoms with Crippen LogP contribution in [0.4, 0.5) is 5.82 Å². The number of hydrogen-bond acceptors (Lipinski definition) is 16. The Bertz CT molecular complexity index is 4170. The Labute approximate surface area is 573 Å². The molecule has 2 unspecified atom stereocenters. The van der Waals surface area contributed by atoms with E-state index in [-0.39, 0.29) is 55.1 Å². The van der Waals surface area contributed by atoms with Crippen molar-refractivity contribution in [2.45, 2.75) is 173 Å². The Hall–Kier alpha value is -7.04. The maximum absolute atomic E-state index is 11.2. The lowest BCUT2D eigenvalue weighted by atomic mass is 9.81. The minimum absolute atomic E-state index is 0.0707. The third-order valence-electron chi connectivity index (χ3n) is 23.4. The first-order chi connectivity index (χ1) is 47.5. The second-order valence-corrected chi connectivity index (χ2v) is 29.3. The van der Waals surface area contributed by atoms with E-state index >= 15 is 0 Å². The first-order valence-electron chi connectivity index (χ1n) is 36.5. The number of piperidine rings is 5. The number of hydrogen-bond donors (Lipinski definition) is 1. The normalized spacial score (nSPS) is 25.1. The molecule has 0 spiro atoms. The van der Waals surface area contributed by atoms with Crippen LogP contribution in [0.5, 0.6) is 0 Å². The highest BCUT2D eigenvalue weighted by atomic mass is 16.5. The van der Waals surface area contributed by atoms with Crippen LogP contribution >= 0.6 is 0 Å². The third kappa shape index (κ3) is 13.3. The summed E-state index contributed by atoms with van der Waals surface area (Å²) in [6.07, 6.45) is 24.2. The topological polar surface area (TPSA) is 152 Å². The molecule has 6 saturated heterocycles. The SMILES string of the molecule is Cc1cccnc1[C@@H]1CCC[C@H](c2nc3c(CCN4CCN(c5cccc6nc([C@H]7CCC[C@@H](c8ncccc8C)N7C)c(CO)n56)CC4)cccn3c2COC2CCN(CC3CC[C@@H](c4ncccc4C)N(C)[C@H]3c3nc4ccccn4c3COC3CCCN(C)C3)CC2)N1C. The number of likely N-dealkylation sites (N-methyl/N-ethyl adjacent to an activating group) is 1. The number of fused-ring (bicyclic) bond motifs is 3. The van der Waals surface area contributed by atoms with Gasteiger partial charge in [-0.1, -0.05) is 36.4 Å². The monoisotopic (exact) mass is 1310 g/mol. The van der Waals surface area contributed by atoms with Crippen molar-refractivity contribution in [1.29, 1.82) is 0 Å². The average molecular weight is 1310 g/mol. The van der Waals surface area contributed by atoms with Crippen molar-refractivity contribution in [3.05, 3.63) is 189 Å². The molecule has 97 heavy (non-hydrogen) atoms. The second-order valence-electron chi connectivity index (χ2n) is 29.3. The Morgan fingerprint density at radius 3 is 1.70 bits per heavy atom. The molecule has 0 bridgehead atoms. The summed E-state index contributed by atoms with van der Waals surface area (Å²) in [6, 6.07) is 31.0. The third-order valence-corrected chi connectivity index (χ3v) is 23.4. The van der Waals surface area contributed by atoms with Gasteiger partial charge in [0.05, 0.1) is 120 Å². The van der Waals surface area contributed by atoms with E-state index in [1.165, 1.54) is 45.0 Å². The van der Waals surface area contributed by atoms with Gasteiger partial charge in [0.1, 0.15) is 22.8 Å². The molecule has 8 atom stereocenters. The molecule has 19 nitrogen and oxygen atoms in total. The molecule has 0 radical (unpaired) electrons. The lowest BCUT2D eigenvalue weighted by Crippen LogP contribution is -2.47. The van der Waals surface area contributed by atoms with Crippen LogP contribution in [0.15, 0.2) is 116 Å². The molecule has 0 aliphatic carbocycles. The molecule has 512 valence electrons. The fourth-order valence-electron chi connectivity index (χ4n) is 18.1. The summed E-state index contributed by atoms with van der Waals surface area (Å²) in [4.78, 5) is 49.3. The first-order valence-corrected chi connectivity index (χ1v) is 36.5. The van der Waals surface area contributed by atoms with Crippen molar-refractivity contribution < 1.29 is 14.6 Å². The van der Waals surface area contributed by atoms with Gasteiger partial charge in [0, 0.05) is 89.9 Å². The Morgan fingerprint density at radius 1 is 0.474 bits per heavy atom. The summed E-state index contributed by atoms with van der Waals surface area (Å²) < 4.78 is 21.0. The van der Waals surface area contributed by atoms with Gasteiger partial charge < -0.3 is 38.1 Å². The average Bonchev–Trinajstić information content (AvgIpc) is 1.72. The molecule has 0 amide bonds. The molecule has 6 aliphatic heterocycles.